The lowest BCUT2D eigenvalue weighted by atomic mass is 9.98. The Balaban J connectivity index is 1.46. The highest BCUT2D eigenvalue weighted by molar-refractivity contribution is 7.89. The number of benzene rings is 1. The molecule has 0 spiro atoms. The molecule has 0 radical (unpaired) electrons. The van der Waals surface area contributed by atoms with E-state index in [1.807, 2.05) is 0 Å². The predicted molar refractivity (Wildman–Crippen MR) is 107 cm³/mol. The molecule has 3 aliphatic rings. The van der Waals surface area contributed by atoms with Crippen molar-refractivity contribution in [2.45, 2.75) is 55.5 Å². The van der Waals surface area contributed by atoms with Gasteiger partial charge in [0.1, 0.15) is 5.82 Å². The Bertz CT molecular complexity index is 863. The Morgan fingerprint density at radius 3 is 2.28 bits per heavy atom. The molecular formula is C20H26ClFN2O4S. The van der Waals surface area contributed by atoms with Crippen LogP contribution < -0.4 is 0 Å². The number of piperidine rings is 1. The smallest absolute Gasteiger partial charge is 0.243 e. The van der Waals surface area contributed by atoms with Crippen molar-refractivity contribution in [2.75, 3.05) is 26.3 Å². The molecule has 9 heteroatoms. The zero-order chi connectivity index (χ0) is 20.6. The largest absolute Gasteiger partial charge is 0.381 e. The lowest BCUT2D eigenvalue weighted by Gasteiger charge is -2.43. The molecule has 1 aromatic carbocycles. The van der Waals surface area contributed by atoms with Gasteiger partial charge in [-0.3, -0.25) is 4.79 Å². The highest BCUT2D eigenvalue weighted by Crippen LogP contribution is 2.36. The van der Waals surface area contributed by atoms with Gasteiger partial charge in [0.05, 0.1) is 9.92 Å². The Hall–Kier alpha value is -1.22. The number of halogens is 2. The second-order valence-electron chi connectivity index (χ2n) is 8.07. The summed E-state index contributed by atoms with van der Waals surface area (Å²) >= 11 is 5.77. The number of carbonyl (C=O) groups is 1. The van der Waals surface area contributed by atoms with Gasteiger partial charge in [0.2, 0.25) is 15.9 Å². The SMILES string of the molecule is O=C(C1CC1)N(C1CCOCC1)C1CCN(S(=O)(=O)c2ccc(F)c(Cl)c2)CC1. The molecule has 1 aliphatic carbocycles. The summed E-state index contributed by atoms with van der Waals surface area (Å²) in [4.78, 5) is 15.0. The number of ether oxygens (including phenoxy) is 1. The van der Waals surface area contributed by atoms with E-state index >= 15 is 0 Å². The van der Waals surface area contributed by atoms with Gasteiger partial charge in [0.25, 0.3) is 0 Å². The summed E-state index contributed by atoms with van der Waals surface area (Å²) in [5.74, 6) is -0.278. The molecule has 2 saturated heterocycles. The summed E-state index contributed by atoms with van der Waals surface area (Å²) in [6, 6.07) is 3.70. The van der Waals surface area contributed by atoms with E-state index in [2.05, 4.69) is 4.90 Å². The molecule has 1 aromatic rings. The number of amides is 1. The van der Waals surface area contributed by atoms with Gasteiger partial charge in [-0.25, -0.2) is 12.8 Å². The second kappa shape index (κ2) is 8.49. The van der Waals surface area contributed by atoms with Gasteiger partial charge in [0.15, 0.2) is 0 Å². The highest BCUT2D eigenvalue weighted by atomic mass is 35.5. The molecule has 0 bridgehead atoms. The van der Waals surface area contributed by atoms with E-state index in [4.69, 9.17) is 16.3 Å². The summed E-state index contributed by atoms with van der Waals surface area (Å²) in [5, 5.41) is -0.207. The van der Waals surface area contributed by atoms with Gasteiger partial charge in [-0.05, 0) is 56.7 Å². The molecule has 0 atom stereocenters. The van der Waals surface area contributed by atoms with E-state index in [9.17, 15) is 17.6 Å². The van der Waals surface area contributed by atoms with Crippen LogP contribution in [0.15, 0.2) is 23.1 Å². The van der Waals surface area contributed by atoms with E-state index in [1.54, 1.807) is 0 Å². The van der Waals surface area contributed by atoms with Crippen LogP contribution in [0.4, 0.5) is 4.39 Å². The van der Waals surface area contributed by atoms with Crippen molar-refractivity contribution >= 4 is 27.5 Å². The molecular weight excluding hydrogens is 419 g/mol. The molecule has 1 amide bonds. The molecule has 0 aromatic heterocycles. The molecule has 29 heavy (non-hydrogen) atoms. The number of hydrogen-bond donors (Lipinski definition) is 0. The quantitative estimate of drug-likeness (QED) is 0.700. The minimum Gasteiger partial charge on any atom is -0.381 e. The fourth-order valence-corrected chi connectivity index (χ4v) is 6.05. The normalized spacial score (nSPS) is 22.6. The maximum absolute atomic E-state index is 13.4. The van der Waals surface area contributed by atoms with Crippen LogP contribution in [0.2, 0.25) is 5.02 Å². The fourth-order valence-electron chi connectivity index (χ4n) is 4.31. The van der Waals surface area contributed by atoms with Crippen molar-refractivity contribution in [1.29, 1.82) is 0 Å². The zero-order valence-electron chi connectivity index (χ0n) is 16.2. The van der Waals surface area contributed by atoms with Crippen molar-refractivity contribution in [2.24, 2.45) is 5.92 Å². The first-order chi connectivity index (χ1) is 13.9. The van der Waals surface area contributed by atoms with Gasteiger partial charge >= 0.3 is 0 Å². The van der Waals surface area contributed by atoms with E-state index < -0.39 is 15.8 Å². The molecule has 160 valence electrons. The van der Waals surface area contributed by atoms with Crippen molar-refractivity contribution in [1.82, 2.24) is 9.21 Å². The van der Waals surface area contributed by atoms with E-state index in [-0.39, 0.29) is 33.8 Å². The first-order valence-corrected chi connectivity index (χ1v) is 12.0. The summed E-state index contributed by atoms with van der Waals surface area (Å²) in [5.41, 5.74) is 0. The number of nitrogens with zero attached hydrogens (tertiary/aromatic N) is 2. The van der Waals surface area contributed by atoms with Crippen molar-refractivity contribution in [3.8, 4) is 0 Å². The topological polar surface area (TPSA) is 66.9 Å². The Labute approximate surface area is 176 Å². The van der Waals surface area contributed by atoms with Crippen LogP contribution in [0, 0.1) is 11.7 Å². The number of rotatable bonds is 5. The molecule has 2 heterocycles. The summed E-state index contributed by atoms with van der Waals surface area (Å²) < 4.78 is 46.1. The maximum Gasteiger partial charge on any atom is 0.243 e. The van der Waals surface area contributed by atoms with Gasteiger partial charge in [0, 0.05) is 44.3 Å². The van der Waals surface area contributed by atoms with Crippen molar-refractivity contribution < 1.29 is 22.3 Å². The lowest BCUT2D eigenvalue weighted by Crippen LogP contribution is -2.54. The first-order valence-electron chi connectivity index (χ1n) is 10.2. The van der Waals surface area contributed by atoms with E-state index in [1.165, 1.54) is 10.4 Å². The van der Waals surface area contributed by atoms with Gasteiger partial charge < -0.3 is 9.64 Å². The third-order valence-electron chi connectivity index (χ3n) is 6.11. The Morgan fingerprint density at radius 1 is 1.07 bits per heavy atom. The second-order valence-corrected chi connectivity index (χ2v) is 10.4. The third kappa shape index (κ3) is 4.45. The minimum atomic E-state index is -3.74. The highest BCUT2D eigenvalue weighted by Gasteiger charge is 2.41. The van der Waals surface area contributed by atoms with Gasteiger partial charge in [-0.15, -0.1) is 0 Å². The van der Waals surface area contributed by atoms with Crippen LogP contribution >= 0.6 is 11.6 Å². The molecule has 4 rings (SSSR count). The van der Waals surface area contributed by atoms with Crippen LogP contribution in [0.5, 0.6) is 0 Å². The maximum atomic E-state index is 13.4. The Kier molecular flexibility index (Phi) is 6.16. The summed E-state index contributed by atoms with van der Waals surface area (Å²) in [6.07, 6.45) is 4.79. The monoisotopic (exact) mass is 444 g/mol. The van der Waals surface area contributed by atoms with Gasteiger partial charge in [-0.2, -0.15) is 4.31 Å². The molecule has 1 saturated carbocycles. The van der Waals surface area contributed by atoms with Crippen LogP contribution in [0.25, 0.3) is 0 Å². The molecule has 0 N–H and O–H groups in total. The van der Waals surface area contributed by atoms with Crippen molar-refractivity contribution in [3.63, 3.8) is 0 Å². The molecule has 6 nitrogen and oxygen atoms in total. The standard InChI is InChI=1S/C20H26ClFN2O4S/c21-18-13-17(3-4-19(18)22)29(26,27)23-9-5-15(6-10-23)24(20(25)14-1-2-14)16-7-11-28-12-8-16/h3-4,13-16H,1-2,5-12H2. The van der Waals surface area contributed by atoms with Crippen LogP contribution in [-0.2, 0) is 19.6 Å². The van der Waals surface area contributed by atoms with E-state index in [0.717, 1.165) is 37.8 Å². The van der Waals surface area contributed by atoms with E-state index in [0.29, 0.717) is 39.1 Å². The summed E-state index contributed by atoms with van der Waals surface area (Å²) in [6.45, 7) is 1.99. The van der Waals surface area contributed by atoms with Gasteiger partial charge in [-0.1, -0.05) is 11.6 Å². The zero-order valence-corrected chi connectivity index (χ0v) is 17.8. The average Bonchev–Trinajstić information content (AvgIpc) is 3.57. The average molecular weight is 445 g/mol. The number of hydrogen-bond acceptors (Lipinski definition) is 4. The number of carbonyl (C=O) groups excluding carboxylic acids is 1. The lowest BCUT2D eigenvalue weighted by molar-refractivity contribution is -0.141. The Morgan fingerprint density at radius 2 is 1.69 bits per heavy atom. The molecule has 0 unspecified atom stereocenters. The first kappa shape index (κ1) is 21.0. The number of sulfonamides is 1. The molecule has 3 fully saturated rings. The van der Waals surface area contributed by atoms with Crippen LogP contribution in [0.3, 0.4) is 0 Å². The fraction of sp³-hybridized carbons (Fsp3) is 0.650. The molecule has 2 aliphatic heterocycles. The summed E-state index contributed by atoms with van der Waals surface area (Å²) in [7, 11) is -3.74. The third-order valence-corrected chi connectivity index (χ3v) is 8.30. The van der Waals surface area contributed by atoms with Crippen LogP contribution in [0.1, 0.15) is 38.5 Å². The van der Waals surface area contributed by atoms with Crippen LogP contribution in [-0.4, -0.2) is 61.9 Å². The minimum absolute atomic E-state index is 0.00214. The van der Waals surface area contributed by atoms with Crippen molar-refractivity contribution in [3.05, 3.63) is 29.0 Å². The predicted octanol–water partition coefficient (Wildman–Crippen LogP) is 3.05.